The number of nitrogens with zero attached hydrogens (tertiary/aromatic N) is 2. The summed E-state index contributed by atoms with van der Waals surface area (Å²) in [7, 11) is 0. The monoisotopic (exact) mass is 323 g/mol. The first-order chi connectivity index (χ1) is 10.3. The standard InChI is InChI=1S/C18H33N3S/c1-13(2)11-21-8-6-14(7-9-21)15(10-19)17-20-16(12-22-17)18(3,4)5/h12-15H,6-11,19H2,1-5H3. The van der Waals surface area contributed by atoms with E-state index in [2.05, 4.69) is 44.9 Å². The van der Waals surface area contributed by atoms with E-state index in [4.69, 9.17) is 10.7 Å². The van der Waals surface area contributed by atoms with Crippen molar-refractivity contribution >= 4 is 11.3 Å². The van der Waals surface area contributed by atoms with Crippen LogP contribution in [0, 0.1) is 11.8 Å². The fourth-order valence-electron chi connectivity index (χ4n) is 3.35. The number of hydrogen-bond acceptors (Lipinski definition) is 4. The molecule has 0 saturated carbocycles. The summed E-state index contributed by atoms with van der Waals surface area (Å²) < 4.78 is 0. The second-order valence-electron chi connectivity index (χ2n) is 8.20. The van der Waals surface area contributed by atoms with E-state index in [-0.39, 0.29) is 5.41 Å². The van der Waals surface area contributed by atoms with Crippen molar-refractivity contribution in [1.82, 2.24) is 9.88 Å². The molecule has 4 heteroatoms. The first kappa shape index (κ1) is 17.9. The Balaban J connectivity index is 1.99. The molecule has 0 aliphatic carbocycles. The highest BCUT2D eigenvalue weighted by atomic mass is 32.1. The van der Waals surface area contributed by atoms with Crippen LogP contribution in [0.25, 0.3) is 0 Å². The van der Waals surface area contributed by atoms with Gasteiger partial charge in [0.2, 0.25) is 0 Å². The molecule has 0 radical (unpaired) electrons. The Labute approximate surface area is 140 Å². The lowest BCUT2D eigenvalue weighted by Crippen LogP contribution is -2.38. The molecule has 0 bridgehead atoms. The summed E-state index contributed by atoms with van der Waals surface area (Å²) in [4.78, 5) is 7.53. The molecular formula is C18H33N3S. The smallest absolute Gasteiger partial charge is 0.0974 e. The summed E-state index contributed by atoms with van der Waals surface area (Å²) in [5.74, 6) is 1.91. The van der Waals surface area contributed by atoms with Gasteiger partial charge >= 0.3 is 0 Å². The highest BCUT2D eigenvalue weighted by Crippen LogP contribution is 2.35. The van der Waals surface area contributed by atoms with Gasteiger partial charge < -0.3 is 10.6 Å². The Bertz CT molecular complexity index is 453. The van der Waals surface area contributed by atoms with Crippen LogP contribution in [-0.2, 0) is 5.41 Å². The van der Waals surface area contributed by atoms with Crippen LogP contribution in [0.1, 0.15) is 64.1 Å². The summed E-state index contributed by atoms with van der Waals surface area (Å²) in [6, 6.07) is 0. The molecule has 0 aromatic carbocycles. The molecule has 1 aliphatic heterocycles. The lowest BCUT2D eigenvalue weighted by molar-refractivity contribution is 0.155. The number of thiazole rings is 1. The molecular weight excluding hydrogens is 290 g/mol. The second-order valence-corrected chi connectivity index (χ2v) is 9.08. The average Bonchev–Trinajstić information content (AvgIpc) is 2.90. The van der Waals surface area contributed by atoms with Gasteiger partial charge in [0.25, 0.3) is 0 Å². The highest BCUT2D eigenvalue weighted by molar-refractivity contribution is 7.09. The van der Waals surface area contributed by atoms with Gasteiger partial charge in [-0.3, -0.25) is 0 Å². The summed E-state index contributed by atoms with van der Waals surface area (Å²) >= 11 is 1.81. The molecule has 1 aliphatic rings. The first-order valence-electron chi connectivity index (χ1n) is 8.69. The summed E-state index contributed by atoms with van der Waals surface area (Å²) in [6.07, 6.45) is 2.53. The highest BCUT2D eigenvalue weighted by Gasteiger charge is 2.29. The fraction of sp³-hybridized carbons (Fsp3) is 0.833. The van der Waals surface area contributed by atoms with Crippen molar-refractivity contribution in [2.75, 3.05) is 26.2 Å². The predicted molar refractivity (Wildman–Crippen MR) is 96.6 cm³/mol. The SMILES string of the molecule is CC(C)CN1CCC(C(CN)c2nc(C(C)(C)C)cs2)CC1. The second kappa shape index (κ2) is 7.41. The minimum absolute atomic E-state index is 0.133. The summed E-state index contributed by atoms with van der Waals surface area (Å²) in [6.45, 7) is 15.7. The predicted octanol–water partition coefficient (Wildman–Crippen LogP) is 3.85. The quantitative estimate of drug-likeness (QED) is 0.895. The van der Waals surface area contributed by atoms with Gasteiger partial charge in [-0.15, -0.1) is 11.3 Å². The maximum absolute atomic E-state index is 6.12. The summed E-state index contributed by atoms with van der Waals surface area (Å²) in [5, 5.41) is 3.49. The van der Waals surface area contributed by atoms with Gasteiger partial charge in [-0.05, 0) is 37.8 Å². The Morgan fingerprint density at radius 1 is 1.32 bits per heavy atom. The van der Waals surface area contributed by atoms with E-state index >= 15 is 0 Å². The molecule has 1 fully saturated rings. The van der Waals surface area contributed by atoms with Crippen molar-refractivity contribution in [3.05, 3.63) is 16.1 Å². The largest absolute Gasteiger partial charge is 0.330 e. The van der Waals surface area contributed by atoms with Gasteiger partial charge in [-0.1, -0.05) is 34.6 Å². The van der Waals surface area contributed by atoms with Crippen molar-refractivity contribution < 1.29 is 0 Å². The van der Waals surface area contributed by atoms with Crippen LogP contribution in [0.15, 0.2) is 5.38 Å². The van der Waals surface area contributed by atoms with Gasteiger partial charge in [0.15, 0.2) is 0 Å². The third-order valence-electron chi connectivity index (χ3n) is 4.69. The van der Waals surface area contributed by atoms with E-state index < -0.39 is 0 Å². The van der Waals surface area contributed by atoms with Crippen LogP contribution < -0.4 is 5.73 Å². The molecule has 2 heterocycles. The van der Waals surface area contributed by atoms with Crippen molar-refractivity contribution in [1.29, 1.82) is 0 Å². The fourth-order valence-corrected chi connectivity index (χ4v) is 4.60. The van der Waals surface area contributed by atoms with Crippen LogP contribution >= 0.6 is 11.3 Å². The lowest BCUT2D eigenvalue weighted by Gasteiger charge is -2.35. The summed E-state index contributed by atoms with van der Waals surface area (Å²) in [5.41, 5.74) is 7.47. The van der Waals surface area contributed by atoms with Gasteiger partial charge in [-0.2, -0.15) is 0 Å². The molecule has 1 unspecified atom stereocenters. The van der Waals surface area contributed by atoms with Crippen LogP contribution in [0.3, 0.4) is 0 Å². The Kier molecular flexibility index (Phi) is 6.03. The van der Waals surface area contributed by atoms with E-state index in [9.17, 15) is 0 Å². The number of nitrogens with two attached hydrogens (primary N) is 1. The van der Waals surface area contributed by atoms with Gasteiger partial charge in [-0.25, -0.2) is 4.98 Å². The van der Waals surface area contributed by atoms with Crippen LogP contribution in [-0.4, -0.2) is 36.1 Å². The van der Waals surface area contributed by atoms with Crippen molar-refractivity contribution in [2.24, 2.45) is 17.6 Å². The maximum Gasteiger partial charge on any atom is 0.0974 e. The molecule has 1 saturated heterocycles. The topological polar surface area (TPSA) is 42.1 Å². The molecule has 126 valence electrons. The molecule has 1 aromatic rings. The normalized spacial score (nSPS) is 19.8. The molecule has 2 rings (SSSR count). The van der Waals surface area contributed by atoms with Gasteiger partial charge in [0, 0.05) is 29.8 Å². The van der Waals surface area contributed by atoms with Gasteiger partial charge in [0.05, 0.1) is 10.7 Å². The van der Waals surface area contributed by atoms with Crippen molar-refractivity contribution in [3.8, 4) is 0 Å². The molecule has 22 heavy (non-hydrogen) atoms. The molecule has 0 spiro atoms. The number of hydrogen-bond donors (Lipinski definition) is 1. The Hall–Kier alpha value is -0.450. The first-order valence-corrected chi connectivity index (χ1v) is 9.57. The minimum Gasteiger partial charge on any atom is -0.330 e. The van der Waals surface area contributed by atoms with Crippen LogP contribution in [0.4, 0.5) is 0 Å². The Morgan fingerprint density at radius 2 is 1.95 bits per heavy atom. The lowest BCUT2D eigenvalue weighted by atomic mass is 9.84. The zero-order valence-corrected chi connectivity index (χ0v) is 15.7. The van der Waals surface area contributed by atoms with E-state index in [0.717, 1.165) is 12.5 Å². The average molecular weight is 324 g/mol. The van der Waals surface area contributed by atoms with E-state index in [1.165, 1.54) is 43.2 Å². The third-order valence-corrected chi connectivity index (χ3v) is 5.66. The zero-order chi connectivity index (χ0) is 16.3. The Morgan fingerprint density at radius 3 is 2.41 bits per heavy atom. The molecule has 3 nitrogen and oxygen atoms in total. The number of likely N-dealkylation sites (tertiary alicyclic amines) is 1. The van der Waals surface area contributed by atoms with E-state index in [1.54, 1.807) is 0 Å². The molecule has 2 N–H and O–H groups in total. The van der Waals surface area contributed by atoms with Crippen molar-refractivity contribution in [3.63, 3.8) is 0 Å². The van der Waals surface area contributed by atoms with Crippen molar-refractivity contribution in [2.45, 2.75) is 58.8 Å². The minimum atomic E-state index is 0.133. The number of piperidine rings is 1. The number of aromatic nitrogens is 1. The van der Waals surface area contributed by atoms with Gasteiger partial charge in [0.1, 0.15) is 0 Å². The van der Waals surface area contributed by atoms with Crippen LogP contribution in [0.2, 0.25) is 0 Å². The zero-order valence-electron chi connectivity index (χ0n) is 14.9. The maximum atomic E-state index is 6.12. The molecule has 0 amide bonds. The molecule has 1 atom stereocenters. The van der Waals surface area contributed by atoms with E-state index in [0.29, 0.717) is 11.8 Å². The third kappa shape index (κ3) is 4.53. The van der Waals surface area contributed by atoms with E-state index in [1.807, 2.05) is 11.3 Å². The number of rotatable bonds is 5. The van der Waals surface area contributed by atoms with Crippen LogP contribution in [0.5, 0.6) is 0 Å². The molecule has 1 aromatic heterocycles.